The normalized spacial score (nSPS) is 16.5. The van der Waals surface area contributed by atoms with Gasteiger partial charge in [0.25, 0.3) is 0 Å². The summed E-state index contributed by atoms with van der Waals surface area (Å²) in [4.78, 5) is 6.57. The number of hydrogen-bond donors (Lipinski definition) is 1. The number of aromatic nitrogens is 2. The second-order valence-electron chi connectivity index (χ2n) is 5.27. The molecule has 1 atom stereocenters. The zero-order valence-corrected chi connectivity index (χ0v) is 12.0. The summed E-state index contributed by atoms with van der Waals surface area (Å²) in [5, 5.41) is 0. The summed E-state index contributed by atoms with van der Waals surface area (Å²) in [5.74, 6) is 0.917. The number of nitrogens with two attached hydrogens (primary N) is 1. The number of ether oxygens (including phenoxy) is 1. The van der Waals surface area contributed by atoms with Crippen LogP contribution >= 0.6 is 0 Å². The molecular formula is C15H19FN4O. The number of fused-ring (bicyclic) bond motifs is 1. The molecule has 21 heavy (non-hydrogen) atoms. The first-order valence-corrected chi connectivity index (χ1v) is 6.99. The lowest BCUT2D eigenvalue weighted by atomic mass is 10.1. The molecule has 112 valence electrons. The van der Waals surface area contributed by atoms with Crippen molar-refractivity contribution in [3.05, 3.63) is 47.8 Å². The molecular weight excluding hydrogens is 271 g/mol. The van der Waals surface area contributed by atoms with Crippen LogP contribution in [0.15, 0.2) is 30.6 Å². The Kier molecular flexibility index (Phi) is 3.90. The number of hydrogen-bond acceptors (Lipinski definition) is 4. The van der Waals surface area contributed by atoms with E-state index in [2.05, 4.69) is 14.5 Å². The molecule has 0 aliphatic carbocycles. The Morgan fingerprint density at radius 3 is 3.05 bits per heavy atom. The first-order chi connectivity index (χ1) is 10.2. The lowest BCUT2D eigenvalue weighted by Crippen LogP contribution is -2.38. The van der Waals surface area contributed by atoms with Gasteiger partial charge < -0.3 is 15.0 Å². The van der Waals surface area contributed by atoms with Gasteiger partial charge in [-0.25, -0.2) is 9.37 Å². The van der Waals surface area contributed by atoms with Crippen molar-refractivity contribution < 1.29 is 9.13 Å². The van der Waals surface area contributed by atoms with E-state index >= 15 is 0 Å². The van der Waals surface area contributed by atoms with E-state index < -0.39 is 0 Å². The highest BCUT2D eigenvalue weighted by Gasteiger charge is 2.19. The largest absolute Gasteiger partial charge is 0.494 e. The molecule has 0 saturated heterocycles. The molecule has 1 aliphatic rings. The van der Waals surface area contributed by atoms with Gasteiger partial charge in [-0.15, -0.1) is 0 Å². The third-order valence-corrected chi connectivity index (χ3v) is 3.88. The van der Waals surface area contributed by atoms with Crippen molar-refractivity contribution in [3.63, 3.8) is 0 Å². The number of halogens is 1. The molecule has 6 heteroatoms. The summed E-state index contributed by atoms with van der Waals surface area (Å²) in [6, 6.07) is 4.66. The minimum absolute atomic E-state index is 0.230. The van der Waals surface area contributed by atoms with Crippen LogP contribution in [-0.4, -0.2) is 34.7 Å². The number of methoxy groups -OCH3 is 1. The predicted octanol–water partition coefficient (Wildman–Crippen LogP) is 1.55. The highest BCUT2D eigenvalue weighted by molar-refractivity contribution is 5.31. The predicted molar refractivity (Wildman–Crippen MR) is 77.4 cm³/mol. The van der Waals surface area contributed by atoms with E-state index in [1.807, 2.05) is 18.5 Å². The van der Waals surface area contributed by atoms with E-state index in [9.17, 15) is 4.39 Å². The zero-order chi connectivity index (χ0) is 14.8. The van der Waals surface area contributed by atoms with Gasteiger partial charge in [0.05, 0.1) is 13.7 Å². The van der Waals surface area contributed by atoms with E-state index in [1.165, 1.54) is 13.2 Å². The first kappa shape index (κ1) is 14.0. The van der Waals surface area contributed by atoms with Gasteiger partial charge in [0.15, 0.2) is 11.6 Å². The Bertz CT molecular complexity index is 628. The minimum atomic E-state index is -0.375. The van der Waals surface area contributed by atoms with Crippen LogP contribution in [0, 0.1) is 5.82 Å². The Morgan fingerprint density at radius 2 is 2.29 bits per heavy atom. The summed E-state index contributed by atoms with van der Waals surface area (Å²) < 4.78 is 20.8. The van der Waals surface area contributed by atoms with Crippen molar-refractivity contribution in [1.82, 2.24) is 14.5 Å². The average molecular weight is 290 g/mol. The number of imidazole rings is 1. The molecule has 0 fully saturated rings. The fourth-order valence-electron chi connectivity index (χ4n) is 2.68. The van der Waals surface area contributed by atoms with Crippen molar-refractivity contribution in [2.45, 2.75) is 19.1 Å². The van der Waals surface area contributed by atoms with Gasteiger partial charge in [0.2, 0.25) is 0 Å². The molecule has 0 spiro atoms. The average Bonchev–Trinajstić information content (AvgIpc) is 2.94. The molecule has 0 saturated carbocycles. The summed E-state index contributed by atoms with van der Waals surface area (Å²) in [6.07, 6.45) is 3.81. The fraction of sp³-hybridized carbons (Fsp3) is 0.400. The van der Waals surface area contributed by atoms with Crippen LogP contribution in [0.5, 0.6) is 5.75 Å². The second-order valence-corrected chi connectivity index (χ2v) is 5.27. The van der Waals surface area contributed by atoms with E-state index in [0.717, 1.165) is 31.0 Å². The van der Waals surface area contributed by atoms with Crippen molar-refractivity contribution in [1.29, 1.82) is 0 Å². The zero-order valence-electron chi connectivity index (χ0n) is 12.0. The van der Waals surface area contributed by atoms with Crippen molar-refractivity contribution >= 4 is 0 Å². The van der Waals surface area contributed by atoms with Crippen molar-refractivity contribution in [2.75, 3.05) is 20.2 Å². The topological polar surface area (TPSA) is 56.3 Å². The summed E-state index contributed by atoms with van der Waals surface area (Å²) in [6.45, 7) is 3.30. The van der Waals surface area contributed by atoms with Crippen LogP contribution in [0.25, 0.3) is 0 Å². The highest BCUT2D eigenvalue weighted by atomic mass is 19.1. The molecule has 5 nitrogen and oxygen atoms in total. The summed E-state index contributed by atoms with van der Waals surface area (Å²) in [5.41, 5.74) is 6.99. The van der Waals surface area contributed by atoms with Crippen molar-refractivity contribution in [3.8, 4) is 5.75 Å². The van der Waals surface area contributed by atoms with E-state index in [0.29, 0.717) is 6.54 Å². The molecule has 2 heterocycles. The molecule has 1 aromatic carbocycles. The summed E-state index contributed by atoms with van der Waals surface area (Å²) in [7, 11) is 1.45. The van der Waals surface area contributed by atoms with E-state index in [4.69, 9.17) is 10.5 Å². The van der Waals surface area contributed by atoms with Gasteiger partial charge >= 0.3 is 0 Å². The third kappa shape index (κ3) is 2.91. The standard InChI is InChI=1S/C15H19FN4O/c1-21-14-3-2-11(8-12(14)16)13(17)9-19-6-7-20-5-4-18-15(20)10-19/h2-5,8,13H,6-7,9-10,17H2,1H3. The van der Waals surface area contributed by atoms with Gasteiger partial charge in [-0.3, -0.25) is 4.90 Å². The molecule has 2 N–H and O–H groups in total. The maximum Gasteiger partial charge on any atom is 0.165 e. The van der Waals surface area contributed by atoms with Gasteiger partial charge in [-0.1, -0.05) is 6.07 Å². The molecule has 3 rings (SSSR count). The molecule has 2 aromatic rings. The third-order valence-electron chi connectivity index (χ3n) is 3.88. The van der Waals surface area contributed by atoms with Gasteiger partial charge in [-0.2, -0.15) is 0 Å². The van der Waals surface area contributed by atoms with Gasteiger partial charge in [0.1, 0.15) is 5.82 Å². The number of nitrogens with zero attached hydrogens (tertiary/aromatic N) is 3. The molecule has 0 amide bonds. The van der Waals surface area contributed by atoms with Crippen LogP contribution in [0.3, 0.4) is 0 Å². The Balaban J connectivity index is 1.67. The fourth-order valence-corrected chi connectivity index (χ4v) is 2.68. The molecule has 0 bridgehead atoms. The second kappa shape index (κ2) is 5.83. The van der Waals surface area contributed by atoms with Crippen LogP contribution in [0.2, 0.25) is 0 Å². The Labute approximate surface area is 123 Å². The van der Waals surface area contributed by atoms with Crippen LogP contribution < -0.4 is 10.5 Å². The Hall–Kier alpha value is -1.92. The number of benzene rings is 1. The lowest BCUT2D eigenvalue weighted by molar-refractivity contribution is 0.205. The first-order valence-electron chi connectivity index (χ1n) is 6.99. The monoisotopic (exact) mass is 290 g/mol. The maximum absolute atomic E-state index is 13.7. The molecule has 0 radical (unpaired) electrons. The highest BCUT2D eigenvalue weighted by Crippen LogP contribution is 2.22. The molecule has 1 aliphatic heterocycles. The van der Waals surface area contributed by atoms with Gasteiger partial charge in [0, 0.05) is 38.1 Å². The van der Waals surface area contributed by atoms with Crippen LogP contribution in [0.4, 0.5) is 4.39 Å². The quantitative estimate of drug-likeness (QED) is 0.928. The van der Waals surface area contributed by atoms with Gasteiger partial charge in [-0.05, 0) is 17.7 Å². The van der Waals surface area contributed by atoms with E-state index in [1.54, 1.807) is 6.07 Å². The smallest absolute Gasteiger partial charge is 0.165 e. The molecule has 1 aromatic heterocycles. The number of rotatable bonds is 4. The van der Waals surface area contributed by atoms with Crippen LogP contribution in [-0.2, 0) is 13.1 Å². The minimum Gasteiger partial charge on any atom is -0.494 e. The lowest BCUT2D eigenvalue weighted by Gasteiger charge is -2.29. The van der Waals surface area contributed by atoms with Crippen LogP contribution in [0.1, 0.15) is 17.4 Å². The maximum atomic E-state index is 13.7. The molecule has 1 unspecified atom stereocenters. The van der Waals surface area contributed by atoms with Crippen molar-refractivity contribution in [2.24, 2.45) is 5.73 Å². The summed E-state index contributed by atoms with van der Waals surface area (Å²) >= 11 is 0. The Morgan fingerprint density at radius 1 is 1.43 bits per heavy atom. The van der Waals surface area contributed by atoms with E-state index in [-0.39, 0.29) is 17.6 Å². The SMILES string of the molecule is COc1ccc(C(N)CN2CCn3ccnc3C2)cc1F.